The summed E-state index contributed by atoms with van der Waals surface area (Å²) in [5.74, 6) is -2.37. The van der Waals surface area contributed by atoms with Crippen molar-refractivity contribution >= 4 is 42.4 Å². The molecule has 2 aliphatic rings. The van der Waals surface area contributed by atoms with Crippen molar-refractivity contribution in [1.82, 2.24) is 10.2 Å². The maximum atomic E-state index is 13.8. The number of benzene rings is 3. The molecule has 0 bridgehead atoms. The van der Waals surface area contributed by atoms with Gasteiger partial charge in [0.15, 0.2) is 0 Å². The second-order valence-corrected chi connectivity index (χ2v) is 10.9. The quantitative estimate of drug-likeness (QED) is 0.173. The number of nitrogens with zero attached hydrogens (tertiary/aromatic N) is 2. The minimum atomic E-state index is -1.03. The Morgan fingerprint density at radius 2 is 1.49 bits per heavy atom. The number of ether oxygens (including phenoxy) is 2. The van der Waals surface area contributed by atoms with Crippen molar-refractivity contribution in [1.29, 1.82) is 0 Å². The zero-order valence-corrected chi connectivity index (χ0v) is 26.7. The van der Waals surface area contributed by atoms with Crippen molar-refractivity contribution in [2.75, 3.05) is 13.1 Å². The molecule has 1 fully saturated rings. The summed E-state index contributed by atoms with van der Waals surface area (Å²) in [6.07, 6.45) is -0.855. The maximum absolute atomic E-state index is 13.8. The highest BCUT2D eigenvalue weighted by Gasteiger charge is 2.42. The molecule has 238 valence electrons. The molecular formula is C33H36Cl2N4O6. The Morgan fingerprint density at radius 3 is 2.02 bits per heavy atom. The summed E-state index contributed by atoms with van der Waals surface area (Å²) in [5.41, 5.74) is 9.31. The SMILES string of the molecule is CC1=C(C(=O)OC(C)C)[C@@H](c2cccc([N+](=O)[O-])c2)C(C(=O)OC2CN(C(c3ccccc3)c3ccccc3)C2)=C(N)N1.Cl.Cl. The molecule has 0 saturated carbocycles. The molecule has 1 saturated heterocycles. The number of nitrogens with one attached hydrogen (secondary N) is 1. The van der Waals surface area contributed by atoms with Gasteiger partial charge in [-0.3, -0.25) is 15.0 Å². The molecule has 45 heavy (non-hydrogen) atoms. The van der Waals surface area contributed by atoms with Crippen LogP contribution < -0.4 is 11.1 Å². The van der Waals surface area contributed by atoms with Gasteiger partial charge >= 0.3 is 11.9 Å². The molecule has 0 unspecified atom stereocenters. The molecule has 0 aromatic heterocycles. The number of carbonyl (C=O) groups excluding carboxylic acids is 2. The summed E-state index contributed by atoms with van der Waals surface area (Å²) in [4.78, 5) is 40.4. The molecule has 5 rings (SSSR count). The maximum Gasteiger partial charge on any atom is 0.339 e. The molecule has 0 aliphatic carbocycles. The number of halogens is 2. The molecular weight excluding hydrogens is 619 g/mol. The third kappa shape index (κ3) is 7.65. The van der Waals surface area contributed by atoms with E-state index < -0.39 is 35.0 Å². The van der Waals surface area contributed by atoms with Crippen molar-refractivity contribution in [2.45, 2.75) is 44.9 Å². The topological polar surface area (TPSA) is 137 Å². The van der Waals surface area contributed by atoms with Gasteiger partial charge in [0.05, 0.1) is 34.1 Å². The molecule has 2 aliphatic heterocycles. The van der Waals surface area contributed by atoms with Crippen molar-refractivity contribution in [3.63, 3.8) is 0 Å². The number of likely N-dealkylation sites (tertiary alicyclic amines) is 1. The lowest BCUT2D eigenvalue weighted by Crippen LogP contribution is -2.54. The first-order valence-electron chi connectivity index (χ1n) is 14.1. The third-order valence-corrected chi connectivity index (χ3v) is 7.54. The Bertz CT molecular complexity index is 1550. The number of esters is 2. The number of hydrogen-bond donors (Lipinski definition) is 2. The molecule has 12 heteroatoms. The standard InChI is InChI=1S/C33H34N4O6.2ClH/c1-20(2)42-32(38)27-21(3)35-31(34)29(28(27)24-15-10-16-25(17-24)37(40)41)33(39)43-26-18-36(19-26)30(22-11-6-4-7-12-22)23-13-8-5-9-14-23;;/h4-17,20,26,28,30,35H,18-19,34H2,1-3H3;2*1H/t28-;;/m1../s1. The number of allylic oxidation sites excluding steroid dienone is 1. The van der Waals surface area contributed by atoms with Crippen LogP contribution in [-0.2, 0) is 19.1 Å². The molecule has 3 N–H and O–H groups in total. The number of carbonyl (C=O) groups is 2. The number of rotatable bonds is 9. The number of dihydropyridines is 1. The second kappa shape index (κ2) is 15.1. The Balaban J connectivity index is 0.00000276. The van der Waals surface area contributed by atoms with Gasteiger partial charge in [-0.05, 0) is 37.5 Å². The minimum absolute atomic E-state index is 0. The molecule has 10 nitrogen and oxygen atoms in total. The van der Waals surface area contributed by atoms with Crippen LogP contribution in [0.5, 0.6) is 0 Å². The average molecular weight is 656 g/mol. The van der Waals surface area contributed by atoms with E-state index in [1.807, 2.05) is 36.4 Å². The molecule has 0 spiro atoms. The normalized spacial score (nSPS) is 16.7. The highest BCUT2D eigenvalue weighted by Crippen LogP contribution is 2.40. The van der Waals surface area contributed by atoms with Crippen LogP contribution in [0.4, 0.5) is 5.69 Å². The van der Waals surface area contributed by atoms with Gasteiger partial charge < -0.3 is 20.5 Å². The third-order valence-electron chi connectivity index (χ3n) is 7.54. The number of nitro groups is 1. The number of nitrogens with two attached hydrogens (primary N) is 1. The van der Waals surface area contributed by atoms with Gasteiger partial charge in [0.2, 0.25) is 0 Å². The highest BCUT2D eigenvalue weighted by atomic mass is 35.5. The lowest BCUT2D eigenvalue weighted by Gasteiger charge is -2.44. The van der Waals surface area contributed by atoms with E-state index in [-0.39, 0.29) is 53.5 Å². The van der Waals surface area contributed by atoms with Crippen LogP contribution in [0.15, 0.2) is 108 Å². The van der Waals surface area contributed by atoms with E-state index in [4.69, 9.17) is 15.2 Å². The summed E-state index contributed by atoms with van der Waals surface area (Å²) in [6.45, 7) is 6.05. The van der Waals surface area contributed by atoms with E-state index in [0.717, 1.165) is 11.1 Å². The van der Waals surface area contributed by atoms with E-state index in [0.29, 0.717) is 24.4 Å². The van der Waals surface area contributed by atoms with Crippen molar-refractivity contribution < 1.29 is 24.0 Å². The van der Waals surface area contributed by atoms with Gasteiger partial charge in [0.1, 0.15) is 11.9 Å². The Hall–Kier alpha value is -4.38. The van der Waals surface area contributed by atoms with E-state index in [9.17, 15) is 19.7 Å². The van der Waals surface area contributed by atoms with Crippen LogP contribution in [0.1, 0.15) is 49.4 Å². The van der Waals surface area contributed by atoms with Gasteiger partial charge in [0, 0.05) is 30.9 Å². The monoisotopic (exact) mass is 654 g/mol. The van der Waals surface area contributed by atoms with Crippen LogP contribution in [0, 0.1) is 10.1 Å². The first-order valence-corrected chi connectivity index (χ1v) is 14.1. The molecule has 0 amide bonds. The minimum Gasteiger partial charge on any atom is -0.460 e. The Labute approximate surface area is 274 Å². The van der Waals surface area contributed by atoms with Crippen LogP contribution >= 0.6 is 24.8 Å². The van der Waals surface area contributed by atoms with Crippen LogP contribution in [0.25, 0.3) is 0 Å². The zero-order chi connectivity index (χ0) is 30.7. The first kappa shape index (κ1) is 35.1. The van der Waals surface area contributed by atoms with Crippen molar-refractivity contribution in [3.8, 4) is 0 Å². The van der Waals surface area contributed by atoms with E-state index in [2.05, 4.69) is 34.5 Å². The van der Waals surface area contributed by atoms with Gasteiger partial charge in [-0.2, -0.15) is 0 Å². The largest absolute Gasteiger partial charge is 0.460 e. The average Bonchev–Trinajstić information content (AvgIpc) is 2.96. The van der Waals surface area contributed by atoms with Gasteiger partial charge in [0.25, 0.3) is 5.69 Å². The fourth-order valence-corrected chi connectivity index (χ4v) is 5.64. The molecule has 0 radical (unpaired) electrons. The van der Waals surface area contributed by atoms with Gasteiger partial charge in [-0.15, -0.1) is 24.8 Å². The number of non-ortho nitro benzene ring substituents is 1. The number of hydrogen-bond acceptors (Lipinski definition) is 9. The first-order chi connectivity index (χ1) is 20.6. The highest BCUT2D eigenvalue weighted by molar-refractivity contribution is 6.00. The van der Waals surface area contributed by atoms with E-state index in [1.54, 1.807) is 26.8 Å². The predicted octanol–water partition coefficient (Wildman–Crippen LogP) is 5.54. The lowest BCUT2D eigenvalue weighted by molar-refractivity contribution is -0.384. The van der Waals surface area contributed by atoms with Crippen LogP contribution in [-0.4, -0.2) is 47.1 Å². The molecule has 3 aromatic carbocycles. The Morgan fingerprint density at radius 1 is 0.911 bits per heavy atom. The van der Waals surface area contributed by atoms with Gasteiger partial charge in [-0.25, -0.2) is 9.59 Å². The summed E-state index contributed by atoms with van der Waals surface area (Å²) in [5, 5.41) is 14.5. The molecule has 1 atom stereocenters. The summed E-state index contributed by atoms with van der Waals surface area (Å²) >= 11 is 0. The summed E-state index contributed by atoms with van der Waals surface area (Å²) in [6, 6.07) is 26.0. The smallest absolute Gasteiger partial charge is 0.339 e. The van der Waals surface area contributed by atoms with Crippen molar-refractivity contribution in [3.05, 3.63) is 134 Å². The van der Waals surface area contributed by atoms with Crippen LogP contribution in [0.2, 0.25) is 0 Å². The Kier molecular flexibility index (Phi) is 11.8. The van der Waals surface area contributed by atoms with Crippen LogP contribution in [0.3, 0.4) is 0 Å². The molecule has 2 heterocycles. The van der Waals surface area contributed by atoms with E-state index >= 15 is 0 Å². The van der Waals surface area contributed by atoms with Crippen molar-refractivity contribution in [2.24, 2.45) is 5.73 Å². The number of nitro benzene ring substituents is 1. The summed E-state index contributed by atoms with van der Waals surface area (Å²) in [7, 11) is 0. The second-order valence-electron chi connectivity index (χ2n) is 10.9. The van der Waals surface area contributed by atoms with E-state index in [1.165, 1.54) is 18.2 Å². The zero-order valence-electron chi connectivity index (χ0n) is 25.0. The fourth-order valence-electron chi connectivity index (χ4n) is 5.64. The summed E-state index contributed by atoms with van der Waals surface area (Å²) < 4.78 is 11.5. The molecule has 3 aromatic rings. The fraction of sp³-hybridized carbons (Fsp3) is 0.273. The lowest BCUT2D eigenvalue weighted by atomic mass is 9.81. The predicted molar refractivity (Wildman–Crippen MR) is 175 cm³/mol. The van der Waals surface area contributed by atoms with Gasteiger partial charge in [-0.1, -0.05) is 72.8 Å².